The van der Waals surface area contributed by atoms with E-state index < -0.39 is 0 Å². The van der Waals surface area contributed by atoms with Crippen LogP contribution in [0.25, 0.3) is 33.8 Å². The molecule has 0 saturated heterocycles. The predicted octanol–water partition coefficient (Wildman–Crippen LogP) is 3.97. The second-order valence-electron chi connectivity index (χ2n) is 6.26. The van der Waals surface area contributed by atoms with E-state index in [1.165, 1.54) is 0 Å². The van der Waals surface area contributed by atoms with Crippen LogP contribution in [0.5, 0.6) is 0 Å². The van der Waals surface area contributed by atoms with E-state index >= 15 is 0 Å². The maximum atomic E-state index is 9.40. The highest BCUT2D eigenvalue weighted by Gasteiger charge is 2.13. The third-order valence-electron chi connectivity index (χ3n) is 3.94. The lowest BCUT2D eigenvalue weighted by Gasteiger charge is -2.11. The van der Waals surface area contributed by atoms with E-state index in [0.29, 0.717) is 22.9 Å². The molecule has 2 heterocycles. The molecule has 2 aromatic heterocycles. The van der Waals surface area contributed by atoms with E-state index in [9.17, 15) is 5.26 Å². The molecule has 0 radical (unpaired) electrons. The molecule has 26 heavy (non-hydrogen) atoms. The van der Waals surface area contributed by atoms with Crippen LogP contribution in [0.1, 0.15) is 19.4 Å². The van der Waals surface area contributed by atoms with E-state index in [2.05, 4.69) is 31.8 Å². The van der Waals surface area contributed by atoms with Crippen molar-refractivity contribution in [3.63, 3.8) is 0 Å². The van der Waals surface area contributed by atoms with E-state index in [0.717, 1.165) is 22.2 Å². The van der Waals surface area contributed by atoms with Crippen molar-refractivity contribution >= 4 is 16.6 Å². The van der Waals surface area contributed by atoms with Crippen molar-refractivity contribution < 1.29 is 4.42 Å². The molecular weight excluding hydrogens is 328 g/mol. The van der Waals surface area contributed by atoms with Gasteiger partial charge in [-0.05, 0) is 50.2 Å². The van der Waals surface area contributed by atoms with Crippen LogP contribution in [-0.4, -0.2) is 26.4 Å². The monoisotopic (exact) mass is 344 g/mol. The van der Waals surface area contributed by atoms with Gasteiger partial charge in [-0.2, -0.15) is 10.4 Å². The Hall–Kier alpha value is -3.66. The summed E-state index contributed by atoms with van der Waals surface area (Å²) in [6.07, 6.45) is 1.75. The summed E-state index contributed by atoms with van der Waals surface area (Å²) in [4.78, 5) is 0. The first-order valence-electron chi connectivity index (χ1n) is 8.22. The summed E-state index contributed by atoms with van der Waals surface area (Å²) >= 11 is 0. The third kappa shape index (κ3) is 2.89. The average molecular weight is 344 g/mol. The summed E-state index contributed by atoms with van der Waals surface area (Å²) in [5.74, 6) is 0.797. The molecule has 7 nitrogen and oxygen atoms in total. The Morgan fingerprint density at radius 2 is 1.81 bits per heavy atom. The largest absolute Gasteiger partial charge is 0.416 e. The van der Waals surface area contributed by atoms with Crippen LogP contribution >= 0.6 is 0 Å². The smallest absolute Gasteiger partial charge is 0.248 e. The summed E-state index contributed by atoms with van der Waals surface area (Å²) in [7, 11) is 0. The SMILES string of the molecule is CC(C)Nc1ccc(-c2nnc(-c3ccc4[nH]ncc4c3)o2)cc1C#N. The van der Waals surface area contributed by atoms with Crippen molar-refractivity contribution in [3.8, 4) is 29.0 Å². The zero-order chi connectivity index (χ0) is 18.1. The number of hydrogen-bond donors (Lipinski definition) is 2. The Balaban J connectivity index is 1.68. The quantitative estimate of drug-likeness (QED) is 0.580. The summed E-state index contributed by atoms with van der Waals surface area (Å²) in [5.41, 5.74) is 3.79. The van der Waals surface area contributed by atoms with Crippen LogP contribution in [0.4, 0.5) is 5.69 Å². The van der Waals surface area contributed by atoms with Gasteiger partial charge in [-0.3, -0.25) is 5.10 Å². The molecule has 2 aromatic carbocycles. The summed E-state index contributed by atoms with van der Waals surface area (Å²) in [6, 6.07) is 13.7. The number of benzene rings is 2. The van der Waals surface area contributed by atoms with Gasteiger partial charge in [-0.15, -0.1) is 10.2 Å². The van der Waals surface area contributed by atoms with Gasteiger partial charge in [0.2, 0.25) is 11.8 Å². The van der Waals surface area contributed by atoms with E-state index in [1.54, 1.807) is 12.3 Å². The standard InChI is InChI=1S/C19H16N6O/c1-11(2)22-16-5-3-12(7-14(16)9-20)18-24-25-19(26-18)13-4-6-17-15(8-13)10-21-23-17/h3-8,10-11,22H,1-2H3,(H,21,23). The molecule has 0 aliphatic carbocycles. The molecule has 2 N–H and O–H groups in total. The molecule has 0 aliphatic rings. The fourth-order valence-electron chi connectivity index (χ4n) is 2.74. The molecule has 0 fully saturated rings. The second kappa shape index (κ2) is 6.33. The number of rotatable bonds is 4. The van der Waals surface area contributed by atoms with Crippen LogP contribution in [0.3, 0.4) is 0 Å². The maximum Gasteiger partial charge on any atom is 0.248 e. The number of hydrogen-bond acceptors (Lipinski definition) is 6. The molecule has 0 bridgehead atoms. The van der Waals surface area contributed by atoms with Crippen LogP contribution in [0, 0.1) is 11.3 Å². The molecule has 0 aliphatic heterocycles. The lowest BCUT2D eigenvalue weighted by molar-refractivity contribution is 0.584. The number of H-pyrrole nitrogens is 1. The van der Waals surface area contributed by atoms with Crippen molar-refractivity contribution in [1.82, 2.24) is 20.4 Å². The minimum atomic E-state index is 0.237. The molecular formula is C19H16N6O. The normalized spacial score (nSPS) is 11.0. The summed E-state index contributed by atoms with van der Waals surface area (Å²) < 4.78 is 5.82. The first-order valence-corrected chi connectivity index (χ1v) is 8.22. The van der Waals surface area contributed by atoms with E-state index in [-0.39, 0.29) is 6.04 Å². The number of aromatic nitrogens is 4. The maximum absolute atomic E-state index is 9.40. The molecule has 128 valence electrons. The average Bonchev–Trinajstić information content (AvgIpc) is 3.30. The van der Waals surface area contributed by atoms with E-state index in [1.807, 2.05) is 44.2 Å². The Kier molecular flexibility index (Phi) is 3.86. The number of nitrogens with zero attached hydrogens (tertiary/aromatic N) is 4. The number of fused-ring (bicyclic) bond motifs is 1. The minimum Gasteiger partial charge on any atom is -0.416 e. The van der Waals surface area contributed by atoms with Gasteiger partial charge in [-0.1, -0.05) is 0 Å². The predicted molar refractivity (Wildman–Crippen MR) is 98.3 cm³/mol. The Morgan fingerprint density at radius 3 is 2.54 bits per heavy atom. The van der Waals surface area contributed by atoms with Crippen molar-refractivity contribution in [2.45, 2.75) is 19.9 Å². The Labute approximate surface area is 149 Å². The zero-order valence-corrected chi connectivity index (χ0v) is 14.3. The number of nitriles is 1. The third-order valence-corrected chi connectivity index (χ3v) is 3.94. The first kappa shape index (κ1) is 15.8. The second-order valence-corrected chi connectivity index (χ2v) is 6.26. The summed E-state index contributed by atoms with van der Waals surface area (Å²) in [6.45, 7) is 4.05. The number of aromatic amines is 1. The lowest BCUT2D eigenvalue weighted by atomic mass is 10.1. The van der Waals surface area contributed by atoms with Gasteiger partial charge >= 0.3 is 0 Å². The molecule has 0 unspecified atom stereocenters. The van der Waals surface area contributed by atoms with Gasteiger partial charge in [0.25, 0.3) is 0 Å². The lowest BCUT2D eigenvalue weighted by Crippen LogP contribution is -2.10. The Morgan fingerprint density at radius 1 is 1.08 bits per heavy atom. The summed E-state index contributed by atoms with van der Waals surface area (Å²) in [5, 5.41) is 28.8. The van der Waals surface area contributed by atoms with Gasteiger partial charge in [0.15, 0.2) is 0 Å². The number of anilines is 1. The van der Waals surface area contributed by atoms with Crippen molar-refractivity contribution in [1.29, 1.82) is 5.26 Å². The highest BCUT2D eigenvalue weighted by atomic mass is 16.4. The van der Waals surface area contributed by atoms with Gasteiger partial charge < -0.3 is 9.73 Å². The van der Waals surface area contributed by atoms with Gasteiger partial charge in [0.05, 0.1) is 23.0 Å². The first-order chi connectivity index (χ1) is 12.6. The number of nitrogens with one attached hydrogen (secondary N) is 2. The zero-order valence-electron chi connectivity index (χ0n) is 14.3. The van der Waals surface area contributed by atoms with Crippen LogP contribution in [0.15, 0.2) is 47.0 Å². The minimum absolute atomic E-state index is 0.237. The molecule has 7 heteroatoms. The van der Waals surface area contributed by atoms with Crippen LogP contribution < -0.4 is 5.32 Å². The van der Waals surface area contributed by atoms with Gasteiger partial charge in [0.1, 0.15) is 6.07 Å². The van der Waals surface area contributed by atoms with Crippen molar-refractivity contribution in [3.05, 3.63) is 48.2 Å². The Bertz CT molecular complexity index is 1120. The fraction of sp³-hybridized carbons (Fsp3) is 0.158. The van der Waals surface area contributed by atoms with Crippen molar-refractivity contribution in [2.24, 2.45) is 0 Å². The molecule has 0 spiro atoms. The van der Waals surface area contributed by atoms with Crippen LogP contribution in [0.2, 0.25) is 0 Å². The molecule has 4 rings (SSSR count). The van der Waals surface area contributed by atoms with Crippen molar-refractivity contribution in [2.75, 3.05) is 5.32 Å². The fourth-order valence-corrected chi connectivity index (χ4v) is 2.74. The highest BCUT2D eigenvalue weighted by molar-refractivity contribution is 5.82. The highest BCUT2D eigenvalue weighted by Crippen LogP contribution is 2.28. The molecule has 0 saturated carbocycles. The van der Waals surface area contributed by atoms with Gasteiger partial charge in [-0.25, -0.2) is 0 Å². The topological polar surface area (TPSA) is 103 Å². The molecule has 4 aromatic rings. The van der Waals surface area contributed by atoms with Crippen LogP contribution in [-0.2, 0) is 0 Å². The molecule has 0 amide bonds. The molecule has 0 atom stereocenters. The van der Waals surface area contributed by atoms with Gasteiger partial charge in [0, 0.05) is 22.6 Å². The van der Waals surface area contributed by atoms with E-state index in [4.69, 9.17) is 4.42 Å².